The molecule has 1 saturated heterocycles. The van der Waals surface area contributed by atoms with Crippen molar-refractivity contribution in [1.82, 2.24) is 9.38 Å². The van der Waals surface area contributed by atoms with E-state index in [0.717, 1.165) is 22.6 Å². The highest BCUT2D eigenvalue weighted by atomic mass is 16.5. The number of benzene rings is 2. The third-order valence-electron chi connectivity index (χ3n) is 5.69. The number of methoxy groups -OCH3 is 1. The number of pyridine rings is 1. The Hall–Kier alpha value is -4.13. The van der Waals surface area contributed by atoms with Crippen molar-refractivity contribution in [3.8, 4) is 17.0 Å². The monoisotopic (exact) mass is 426 g/mol. The summed E-state index contributed by atoms with van der Waals surface area (Å²) < 4.78 is 7.20. The first-order valence-electron chi connectivity index (χ1n) is 10.4. The van der Waals surface area contributed by atoms with Crippen LogP contribution in [0.5, 0.6) is 5.75 Å². The Kier molecular flexibility index (Phi) is 5.07. The molecule has 32 heavy (non-hydrogen) atoms. The third-order valence-corrected chi connectivity index (χ3v) is 5.69. The van der Waals surface area contributed by atoms with Crippen LogP contribution >= 0.6 is 0 Å². The smallest absolute Gasteiger partial charge is 0.229 e. The molecular formula is C25H22N4O3. The van der Waals surface area contributed by atoms with Crippen LogP contribution in [0, 0.1) is 5.92 Å². The lowest BCUT2D eigenvalue weighted by molar-refractivity contribution is -0.122. The van der Waals surface area contributed by atoms with Gasteiger partial charge in [-0.15, -0.1) is 0 Å². The summed E-state index contributed by atoms with van der Waals surface area (Å²) in [6.07, 6.45) is 4.04. The third kappa shape index (κ3) is 3.69. The van der Waals surface area contributed by atoms with Crippen LogP contribution in [0.15, 0.2) is 79.1 Å². The number of hydrogen-bond acceptors (Lipinski definition) is 4. The van der Waals surface area contributed by atoms with Gasteiger partial charge in [0.15, 0.2) is 0 Å². The number of amides is 2. The molecule has 5 rings (SSSR count). The van der Waals surface area contributed by atoms with Crippen molar-refractivity contribution >= 4 is 28.8 Å². The van der Waals surface area contributed by atoms with Gasteiger partial charge in [0.2, 0.25) is 11.8 Å². The van der Waals surface area contributed by atoms with Crippen LogP contribution in [-0.2, 0) is 9.59 Å². The van der Waals surface area contributed by atoms with Gasteiger partial charge >= 0.3 is 0 Å². The number of nitrogens with one attached hydrogen (secondary N) is 1. The van der Waals surface area contributed by atoms with Gasteiger partial charge < -0.3 is 19.4 Å². The Morgan fingerprint density at radius 2 is 1.94 bits per heavy atom. The fourth-order valence-corrected chi connectivity index (χ4v) is 4.03. The largest absolute Gasteiger partial charge is 0.497 e. The minimum Gasteiger partial charge on any atom is -0.497 e. The summed E-state index contributed by atoms with van der Waals surface area (Å²) in [6.45, 7) is 0.328. The average Bonchev–Trinajstić information content (AvgIpc) is 3.43. The molecule has 3 heterocycles. The predicted octanol–water partition coefficient (Wildman–Crippen LogP) is 4.00. The molecule has 7 heteroatoms. The van der Waals surface area contributed by atoms with E-state index < -0.39 is 5.92 Å². The van der Waals surface area contributed by atoms with E-state index in [2.05, 4.69) is 10.3 Å². The van der Waals surface area contributed by atoms with Gasteiger partial charge in [-0.2, -0.15) is 0 Å². The van der Waals surface area contributed by atoms with E-state index in [4.69, 9.17) is 4.74 Å². The van der Waals surface area contributed by atoms with Crippen molar-refractivity contribution in [3.63, 3.8) is 0 Å². The van der Waals surface area contributed by atoms with Crippen LogP contribution in [0.1, 0.15) is 6.42 Å². The summed E-state index contributed by atoms with van der Waals surface area (Å²) in [5.41, 5.74) is 3.84. The van der Waals surface area contributed by atoms with Crippen molar-refractivity contribution in [1.29, 1.82) is 0 Å². The topological polar surface area (TPSA) is 75.9 Å². The van der Waals surface area contributed by atoms with Crippen molar-refractivity contribution in [2.75, 3.05) is 23.9 Å². The van der Waals surface area contributed by atoms with E-state index in [9.17, 15) is 9.59 Å². The molecule has 0 spiro atoms. The summed E-state index contributed by atoms with van der Waals surface area (Å²) in [5, 5.41) is 3.02. The van der Waals surface area contributed by atoms with Gasteiger partial charge in [0, 0.05) is 42.7 Å². The standard InChI is InChI=1S/C25H22N4O3/c1-32-19-8-6-7-18(14-19)29-15-17(13-24(29)30)25(31)27-21-10-3-2-9-20(21)22-16-28-12-5-4-11-23(28)26-22/h2-12,14,16-17H,13,15H2,1H3,(H,27,31). The molecule has 1 fully saturated rings. The number of rotatable bonds is 5. The minimum absolute atomic E-state index is 0.0768. The molecule has 0 radical (unpaired) electrons. The zero-order valence-electron chi connectivity index (χ0n) is 17.6. The second-order valence-electron chi connectivity index (χ2n) is 7.73. The zero-order chi connectivity index (χ0) is 22.1. The van der Waals surface area contributed by atoms with Gasteiger partial charge in [0.1, 0.15) is 11.4 Å². The average molecular weight is 426 g/mol. The molecule has 1 aliphatic heterocycles. The Bertz CT molecular complexity index is 1280. The molecule has 1 N–H and O–H groups in total. The zero-order valence-corrected chi connectivity index (χ0v) is 17.6. The number of fused-ring (bicyclic) bond motifs is 1. The summed E-state index contributed by atoms with van der Waals surface area (Å²) in [6, 6.07) is 20.7. The van der Waals surface area contributed by atoms with Gasteiger partial charge in [-0.05, 0) is 30.3 Å². The number of carbonyl (C=O) groups is 2. The molecule has 1 aliphatic rings. The highest BCUT2D eigenvalue weighted by Crippen LogP contribution is 2.31. The molecule has 0 bridgehead atoms. The molecule has 160 valence electrons. The second kappa shape index (κ2) is 8.19. The molecule has 1 atom stereocenters. The van der Waals surface area contributed by atoms with Crippen LogP contribution in [-0.4, -0.2) is 34.9 Å². The summed E-state index contributed by atoms with van der Waals surface area (Å²) in [7, 11) is 1.59. The molecule has 2 aromatic carbocycles. The quantitative estimate of drug-likeness (QED) is 0.523. The van der Waals surface area contributed by atoms with Crippen LogP contribution in [0.25, 0.3) is 16.9 Å². The number of imidazole rings is 1. The van der Waals surface area contributed by atoms with E-state index in [1.807, 2.05) is 77.5 Å². The van der Waals surface area contributed by atoms with Crippen LogP contribution < -0.4 is 15.0 Å². The molecule has 1 unspecified atom stereocenters. The number of ether oxygens (including phenoxy) is 1. The normalized spacial score (nSPS) is 15.8. The summed E-state index contributed by atoms with van der Waals surface area (Å²) in [4.78, 5) is 32.0. The maximum absolute atomic E-state index is 13.1. The highest BCUT2D eigenvalue weighted by Gasteiger charge is 2.35. The van der Waals surface area contributed by atoms with Crippen molar-refractivity contribution in [2.45, 2.75) is 6.42 Å². The van der Waals surface area contributed by atoms with Crippen molar-refractivity contribution in [3.05, 3.63) is 79.1 Å². The molecular weight excluding hydrogens is 404 g/mol. The Labute approximate surface area is 185 Å². The van der Waals surface area contributed by atoms with Gasteiger partial charge in [-0.3, -0.25) is 9.59 Å². The SMILES string of the molecule is COc1cccc(N2CC(C(=O)Nc3ccccc3-c3cn4ccccc4n3)CC2=O)c1. The predicted molar refractivity (Wildman–Crippen MR) is 123 cm³/mol. The van der Waals surface area contributed by atoms with E-state index >= 15 is 0 Å². The Balaban J connectivity index is 1.36. The van der Waals surface area contributed by atoms with Gasteiger partial charge in [-0.1, -0.05) is 30.3 Å². The summed E-state index contributed by atoms with van der Waals surface area (Å²) in [5.74, 6) is -0.0283. The lowest BCUT2D eigenvalue weighted by atomic mass is 10.1. The highest BCUT2D eigenvalue weighted by molar-refractivity contribution is 6.04. The number of para-hydroxylation sites is 1. The van der Waals surface area contributed by atoms with E-state index in [-0.39, 0.29) is 18.2 Å². The molecule has 4 aromatic rings. The van der Waals surface area contributed by atoms with Crippen LogP contribution in [0.2, 0.25) is 0 Å². The molecule has 0 saturated carbocycles. The van der Waals surface area contributed by atoms with Crippen LogP contribution in [0.3, 0.4) is 0 Å². The first-order chi connectivity index (χ1) is 15.6. The fourth-order valence-electron chi connectivity index (χ4n) is 4.03. The first kappa shape index (κ1) is 19.8. The van der Waals surface area contributed by atoms with Gasteiger partial charge in [-0.25, -0.2) is 4.98 Å². The Morgan fingerprint density at radius 1 is 1.09 bits per heavy atom. The number of nitrogens with zero attached hydrogens (tertiary/aromatic N) is 3. The number of anilines is 2. The lowest BCUT2D eigenvalue weighted by Gasteiger charge is -2.17. The molecule has 2 amide bonds. The number of aromatic nitrogens is 2. The number of hydrogen-bond donors (Lipinski definition) is 1. The van der Waals surface area contributed by atoms with E-state index in [1.165, 1.54) is 0 Å². The second-order valence-corrected chi connectivity index (χ2v) is 7.73. The van der Waals surface area contributed by atoms with E-state index in [0.29, 0.717) is 18.0 Å². The molecule has 2 aromatic heterocycles. The summed E-state index contributed by atoms with van der Waals surface area (Å²) >= 11 is 0. The maximum Gasteiger partial charge on any atom is 0.229 e. The molecule has 7 nitrogen and oxygen atoms in total. The van der Waals surface area contributed by atoms with Crippen molar-refractivity contribution in [2.24, 2.45) is 5.92 Å². The molecule has 0 aliphatic carbocycles. The first-order valence-corrected chi connectivity index (χ1v) is 10.4. The Morgan fingerprint density at radius 3 is 2.78 bits per heavy atom. The minimum atomic E-state index is -0.442. The van der Waals surface area contributed by atoms with Crippen molar-refractivity contribution < 1.29 is 14.3 Å². The van der Waals surface area contributed by atoms with Crippen LogP contribution in [0.4, 0.5) is 11.4 Å². The van der Waals surface area contributed by atoms with Gasteiger partial charge in [0.25, 0.3) is 0 Å². The fraction of sp³-hybridized carbons (Fsp3) is 0.160. The number of carbonyl (C=O) groups excluding carboxylic acids is 2. The van der Waals surface area contributed by atoms with E-state index in [1.54, 1.807) is 18.1 Å². The van der Waals surface area contributed by atoms with Gasteiger partial charge in [0.05, 0.1) is 24.4 Å². The lowest BCUT2D eigenvalue weighted by Crippen LogP contribution is -2.28. The maximum atomic E-state index is 13.1.